The van der Waals surface area contributed by atoms with Gasteiger partial charge in [-0.05, 0) is 66.7 Å². The molecule has 8 nitrogen and oxygen atoms in total. The Balaban J connectivity index is 1.62. The quantitative estimate of drug-likeness (QED) is 0.534. The van der Waals surface area contributed by atoms with Gasteiger partial charge < -0.3 is 10.2 Å². The van der Waals surface area contributed by atoms with Gasteiger partial charge in [0, 0.05) is 29.4 Å². The number of carbonyl (C=O) groups excluding carboxylic acids is 2. The molecule has 0 atom stereocenters. The summed E-state index contributed by atoms with van der Waals surface area (Å²) in [6, 6.07) is 14.0. The second-order valence-corrected chi connectivity index (χ2v) is 7.62. The number of thioether (sulfide) groups is 1. The summed E-state index contributed by atoms with van der Waals surface area (Å²) in [5.41, 5.74) is 1.85. The number of halogens is 1. The maximum absolute atomic E-state index is 12.5. The van der Waals surface area contributed by atoms with Crippen molar-refractivity contribution >= 4 is 40.9 Å². The van der Waals surface area contributed by atoms with Crippen LogP contribution < -0.4 is 5.32 Å². The number of anilines is 1. The van der Waals surface area contributed by atoms with Gasteiger partial charge in [0.05, 0.1) is 11.4 Å². The number of rotatable bonds is 8. The first kappa shape index (κ1) is 21.8. The zero-order valence-corrected chi connectivity index (χ0v) is 18.2. The standard InChI is InChI=1S/C20H21ClN6O2S/c1-3-26(4-2)19(29)14-6-5-7-16(12-14)22-18(28)13-30-20-23-24-25-27(20)17-10-8-15(21)9-11-17/h5-12H,3-4,13H2,1-2H3,(H,22,28). The molecule has 3 aromatic rings. The Morgan fingerprint density at radius 2 is 1.87 bits per heavy atom. The molecule has 30 heavy (non-hydrogen) atoms. The fourth-order valence-electron chi connectivity index (χ4n) is 2.76. The number of carbonyl (C=O) groups is 2. The zero-order chi connectivity index (χ0) is 21.5. The Morgan fingerprint density at radius 3 is 2.57 bits per heavy atom. The first-order chi connectivity index (χ1) is 14.5. The van der Waals surface area contributed by atoms with Crippen LogP contribution >= 0.6 is 23.4 Å². The third-order valence-electron chi connectivity index (χ3n) is 4.29. The highest BCUT2D eigenvalue weighted by Crippen LogP contribution is 2.20. The predicted octanol–water partition coefficient (Wildman–Crippen LogP) is 3.53. The van der Waals surface area contributed by atoms with Gasteiger partial charge in [0.2, 0.25) is 11.1 Å². The maximum Gasteiger partial charge on any atom is 0.253 e. The molecule has 0 aliphatic carbocycles. The number of tetrazole rings is 1. The zero-order valence-electron chi connectivity index (χ0n) is 16.6. The lowest BCUT2D eigenvalue weighted by Crippen LogP contribution is -2.30. The number of nitrogens with zero attached hydrogens (tertiary/aromatic N) is 5. The summed E-state index contributed by atoms with van der Waals surface area (Å²) < 4.78 is 1.54. The van der Waals surface area contributed by atoms with Gasteiger partial charge in [0.25, 0.3) is 5.91 Å². The summed E-state index contributed by atoms with van der Waals surface area (Å²) in [5, 5.41) is 15.5. The Morgan fingerprint density at radius 1 is 1.13 bits per heavy atom. The van der Waals surface area contributed by atoms with Gasteiger partial charge in [-0.25, -0.2) is 0 Å². The molecule has 0 fully saturated rings. The van der Waals surface area contributed by atoms with Crippen LogP contribution in [-0.2, 0) is 4.79 Å². The van der Waals surface area contributed by atoms with Crippen molar-refractivity contribution in [3.05, 3.63) is 59.1 Å². The maximum atomic E-state index is 12.5. The molecule has 1 heterocycles. The van der Waals surface area contributed by atoms with Crippen LogP contribution in [0.25, 0.3) is 5.69 Å². The van der Waals surface area contributed by atoms with Crippen molar-refractivity contribution in [2.45, 2.75) is 19.0 Å². The molecule has 1 N–H and O–H groups in total. The molecular weight excluding hydrogens is 424 g/mol. The average Bonchev–Trinajstić information content (AvgIpc) is 3.22. The monoisotopic (exact) mass is 444 g/mol. The Hall–Kier alpha value is -2.91. The number of hydrogen-bond donors (Lipinski definition) is 1. The smallest absolute Gasteiger partial charge is 0.253 e. The molecule has 0 saturated heterocycles. The third kappa shape index (κ3) is 5.37. The van der Waals surface area contributed by atoms with Crippen LogP contribution in [0.4, 0.5) is 5.69 Å². The van der Waals surface area contributed by atoms with E-state index in [-0.39, 0.29) is 17.6 Å². The van der Waals surface area contributed by atoms with E-state index in [1.54, 1.807) is 53.4 Å². The van der Waals surface area contributed by atoms with E-state index in [0.29, 0.717) is 34.5 Å². The molecule has 0 radical (unpaired) electrons. The Bertz CT molecular complexity index is 1020. The number of amides is 2. The molecule has 10 heteroatoms. The lowest BCUT2D eigenvalue weighted by Gasteiger charge is -2.19. The lowest BCUT2D eigenvalue weighted by molar-refractivity contribution is -0.113. The fourth-order valence-corrected chi connectivity index (χ4v) is 3.58. The first-order valence-corrected chi connectivity index (χ1v) is 10.7. The van der Waals surface area contributed by atoms with Crippen molar-refractivity contribution in [2.75, 3.05) is 24.2 Å². The molecule has 1 aromatic heterocycles. The van der Waals surface area contributed by atoms with Crippen molar-refractivity contribution in [1.29, 1.82) is 0 Å². The summed E-state index contributed by atoms with van der Waals surface area (Å²) in [7, 11) is 0. The van der Waals surface area contributed by atoms with Crippen LogP contribution in [0.1, 0.15) is 24.2 Å². The van der Waals surface area contributed by atoms with E-state index in [2.05, 4.69) is 20.8 Å². The van der Waals surface area contributed by atoms with E-state index in [0.717, 1.165) is 5.69 Å². The van der Waals surface area contributed by atoms with Gasteiger partial charge in [0.15, 0.2) is 0 Å². The Kier molecular flexibility index (Phi) is 7.42. The van der Waals surface area contributed by atoms with E-state index in [1.807, 2.05) is 13.8 Å². The largest absolute Gasteiger partial charge is 0.339 e. The normalized spacial score (nSPS) is 10.6. The number of hydrogen-bond acceptors (Lipinski definition) is 6. The minimum Gasteiger partial charge on any atom is -0.339 e. The number of aromatic nitrogens is 4. The molecule has 0 saturated carbocycles. The molecule has 0 bridgehead atoms. The molecule has 2 amide bonds. The second kappa shape index (κ2) is 10.2. The predicted molar refractivity (Wildman–Crippen MR) is 117 cm³/mol. The van der Waals surface area contributed by atoms with Gasteiger partial charge in [-0.2, -0.15) is 4.68 Å². The second-order valence-electron chi connectivity index (χ2n) is 6.24. The van der Waals surface area contributed by atoms with Gasteiger partial charge in [-0.1, -0.05) is 29.4 Å². The molecular formula is C20H21ClN6O2S. The summed E-state index contributed by atoms with van der Waals surface area (Å²) in [5.74, 6) is -0.173. The SMILES string of the molecule is CCN(CC)C(=O)c1cccc(NC(=O)CSc2nnnn2-c2ccc(Cl)cc2)c1. The van der Waals surface area contributed by atoms with Crippen LogP contribution in [-0.4, -0.2) is 55.8 Å². The number of benzene rings is 2. The molecule has 0 aliphatic rings. The highest BCUT2D eigenvalue weighted by molar-refractivity contribution is 7.99. The molecule has 3 rings (SSSR count). The number of nitrogens with one attached hydrogen (secondary N) is 1. The lowest BCUT2D eigenvalue weighted by atomic mass is 10.1. The summed E-state index contributed by atoms with van der Waals surface area (Å²) in [6.45, 7) is 5.12. The molecule has 0 spiro atoms. The fraction of sp³-hybridized carbons (Fsp3) is 0.250. The summed E-state index contributed by atoms with van der Waals surface area (Å²) in [6.07, 6.45) is 0. The van der Waals surface area contributed by atoms with Crippen LogP contribution in [0.5, 0.6) is 0 Å². The van der Waals surface area contributed by atoms with E-state index in [9.17, 15) is 9.59 Å². The van der Waals surface area contributed by atoms with E-state index in [4.69, 9.17) is 11.6 Å². The van der Waals surface area contributed by atoms with Crippen molar-refractivity contribution in [2.24, 2.45) is 0 Å². The summed E-state index contributed by atoms with van der Waals surface area (Å²) >= 11 is 7.12. The average molecular weight is 445 g/mol. The Labute approximate surface area is 183 Å². The highest BCUT2D eigenvalue weighted by Gasteiger charge is 2.14. The van der Waals surface area contributed by atoms with Gasteiger partial charge in [0.1, 0.15) is 0 Å². The van der Waals surface area contributed by atoms with Gasteiger partial charge >= 0.3 is 0 Å². The van der Waals surface area contributed by atoms with Crippen molar-refractivity contribution in [3.8, 4) is 5.69 Å². The minimum atomic E-state index is -0.224. The molecule has 2 aromatic carbocycles. The van der Waals surface area contributed by atoms with Crippen molar-refractivity contribution in [1.82, 2.24) is 25.1 Å². The van der Waals surface area contributed by atoms with E-state index in [1.165, 1.54) is 16.4 Å². The van der Waals surface area contributed by atoms with Crippen molar-refractivity contribution in [3.63, 3.8) is 0 Å². The molecule has 0 unspecified atom stereocenters. The highest BCUT2D eigenvalue weighted by atomic mass is 35.5. The topological polar surface area (TPSA) is 93.0 Å². The third-order valence-corrected chi connectivity index (χ3v) is 5.46. The van der Waals surface area contributed by atoms with Crippen LogP contribution in [0, 0.1) is 0 Å². The first-order valence-electron chi connectivity index (χ1n) is 9.38. The van der Waals surface area contributed by atoms with E-state index >= 15 is 0 Å². The van der Waals surface area contributed by atoms with Crippen LogP contribution in [0.2, 0.25) is 5.02 Å². The van der Waals surface area contributed by atoms with Gasteiger partial charge in [-0.3, -0.25) is 9.59 Å². The van der Waals surface area contributed by atoms with Crippen LogP contribution in [0.15, 0.2) is 53.7 Å². The molecule has 156 valence electrons. The summed E-state index contributed by atoms with van der Waals surface area (Å²) in [4.78, 5) is 26.6. The van der Waals surface area contributed by atoms with Crippen LogP contribution in [0.3, 0.4) is 0 Å². The van der Waals surface area contributed by atoms with Crippen molar-refractivity contribution < 1.29 is 9.59 Å². The molecule has 0 aliphatic heterocycles. The minimum absolute atomic E-state index is 0.0624. The van der Waals surface area contributed by atoms with Gasteiger partial charge in [-0.15, -0.1) is 5.10 Å². The van der Waals surface area contributed by atoms with E-state index < -0.39 is 0 Å².